The summed E-state index contributed by atoms with van der Waals surface area (Å²) in [6.45, 7) is 1.64. The van der Waals surface area contributed by atoms with Crippen molar-refractivity contribution >= 4 is 16.7 Å². The van der Waals surface area contributed by atoms with Crippen molar-refractivity contribution < 1.29 is 0 Å². The molecule has 1 saturated heterocycles. The Hall–Kier alpha value is -3.51. The first-order valence-corrected chi connectivity index (χ1v) is 8.70. The minimum atomic E-state index is -0.0863. The van der Waals surface area contributed by atoms with Crippen LogP contribution in [0.25, 0.3) is 28.1 Å². The molecule has 1 fully saturated rings. The molecular weight excluding hydrogens is 344 g/mol. The Balaban J connectivity index is 1.75. The topological polar surface area (TPSA) is 106 Å². The largest absolute Gasteiger partial charge is 0.330 e. The van der Waals surface area contributed by atoms with Gasteiger partial charge in [-0.25, -0.2) is 19.3 Å². The van der Waals surface area contributed by atoms with Gasteiger partial charge in [-0.1, -0.05) is 0 Å². The molecule has 1 atom stereocenters. The lowest BCUT2D eigenvalue weighted by molar-refractivity contribution is 0.532. The summed E-state index contributed by atoms with van der Waals surface area (Å²) in [6.07, 6.45) is 5.98. The number of fused-ring (bicyclic) bond motifs is 2. The van der Waals surface area contributed by atoms with Crippen molar-refractivity contribution in [2.75, 3.05) is 13.1 Å². The third-order valence-electron chi connectivity index (χ3n) is 5.12. The average Bonchev–Trinajstić information content (AvgIpc) is 3.41. The Kier molecular flexibility index (Phi) is 3.35. The highest BCUT2D eigenvalue weighted by Gasteiger charge is 2.24. The lowest BCUT2D eigenvalue weighted by atomic mass is 10.2. The van der Waals surface area contributed by atoms with E-state index in [0.717, 1.165) is 30.6 Å². The second-order valence-corrected chi connectivity index (χ2v) is 6.68. The molecule has 27 heavy (non-hydrogen) atoms. The van der Waals surface area contributed by atoms with E-state index in [2.05, 4.69) is 21.5 Å². The SMILES string of the molecule is Cn1c(=O)n(C2CCNC2)c2nc(-c3cnn4ccc(C#N)cc34)ncc21. The van der Waals surface area contributed by atoms with Gasteiger partial charge in [-0.15, -0.1) is 0 Å². The Labute approximate surface area is 153 Å². The normalized spacial score (nSPS) is 17.0. The van der Waals surface area contributed by atoms with E-state index in [0.29, 0.717) is 22.6 Å². The van der Waals surface area contributed by atoms with E-state index in [1.165, 1.54) is 0 Å². The van der Waals surface area contributed by atoms with Crippen molar-refractivity contribution in [1.29, 1.82) is 5.26 Å². The van der Waals surface area contributed by atoms with Gasteiger partial charge in [0.15, 0.2) is 11.5 Å². The first-order chi connectivity index (χ1) is 13.2. The van der Waals surface area contributed by atoms with Crippen LogP contribution in [0.1, 0.15) is 18.0 Å². The summed E-state index contributed by atoms with van der Waals surface area (Å²) in [4.78, 5) is 21.9. The lowest BCUT2D eigenvalue weighted by Gasteiger charge is -2.10. The lowest BCUT2D eigenvalue weighted by Crippen LogP contribution is -2.27. The molecule has 134 valence electrons. The van der Waals surface area contributed by atoms with E-state index in [-0.39, 0.29) is 11.7 Å². The third kappa shape index (κ3) is 2.27. The molecule has 0 bridgehead atoms. The van der Waals surface area contributed by atoms with Crippen LogP contribution in [0, 0.1) is 11.3 Å². The van der Waals surface area contributed by atoms with E-state index < -0.39 is 0 Å². The maximum Gasteiger partial charge on any atom is 0.330 e. The molecule has 1 N–H and O–H groups in total. The van der Waals surface area contributed by atoms with Crippen molar-refractivity contribution in [3.05, 3.63) is 46.8 Å². The first-order valence-electron chi connectivity index (χ1n) is 8.70. The fourth-order valence-corrected chi connectivity index (χ4v) is 3.68. The molecule has 0 aromatic carbocycles. The van der Waals surface area contributed by atoms with E-state index in [1.54, 1.807) is 51.4 Å². The number of pyridine rings is 1. The molecule has 0 saturated carbocycles. The number of nitrogens with zero attached hydrogens (tertiary/aromatic N) is 7. The van der Waals surface area contributed by atoms with Gasteiger partial charge in [0, 0.05) is 19.8 Å². The molecule has 0 radical (unpaired) electrons. The van der Waals surface area contributed by atoms with Gasteiger partial charge in [-0.05, 0) is 25.1 Å². The van der Waals surface area contributed by atoms with Crippen LogP contribution in [0.4, 0.5) is 0 Å². The number of rotatable bonds is 2. The van der Waals surface area contributed by atoms with Crippen molar-refractivity contribution in [2.24, 2.45) is 7.05 Å². The smallest absolute Gasteiger partial charge is 0.315 e. The molecule has 5 heterocycles. The van der Waals surface area contributed by atoms with E-state index in [9.17, 15) is 10.1 Å². The highest BCUT2D eigenvalue weighted by atomic mass is 16.1. The molecule has 1 unspecified atom stereocenters. The molecule has 4 aromatic rings. The number of hydrogen-bond acceptors (Lipinski definition) is 6. The molecule has 5 rings (SSSR count). The zero-order valence-corrected chi connectivity index (χ0v) is 14.6. The number of nitrogens with one attached hydrogen (secondary N) is 1. The Morgan fingerprint density at radius 3 is 3.00 bits per heavy atom. The number of hydrogen-bond donors (Lipinski definition) is 1. The predicted molar refractivity (Wildman–Crippen MR) is 98.2 cm³/mol. The summed E-state index contributed by atoms with van der Waals surface area (Å²) in [6, 6.07) is 5.68. The van der Waals surface area contributed by atoms with Crippen LogP contribution in [-0.2, 0) is 7.05 Å². The van der Waals surface area contributed by atoms with Gasteiger partial charge in [-0.2, -0.15) is 10.4 Å². The Morgan fingerprint density at radius 1 is 1.33 bits per heavy atom. The summed E-state index contributed by atoms with van der Waals surface area (Å²) in [5, 5.41) is 16.8. The number of aryl methyl sites for hydroxylation is 1. The van der Waals surface area contributed by atoms with Crippen LogP contribution >= 0.6 is 0 Å². The van der Waals surface area contributed by atoms with Crippen molar-refractivity contribution in [2.45, 2.75) is 12.5 Å². The summed E-state index contributed by atoms with van der Waals surface area (Å²) in [7, 11) is 1.74. The van der Waals surface area contributed by atoms with Gasteiger partial charge >= 0.3 is 5.69 Å². The van der Waals surface area contributed by atoms with Crippen LogP contribution < -0.4 is 11.0 Å². The van der Waals surface area contributed by atoms with Gasteiger partial charge in [-0.3, -0.25) is 9.13 Å². The van der Waals surface area contributed by atoms with Gasteiger partial charge in [0.1, 0.15) is 5.52 Å². The Morgan fingerprint density at radius 2 is 2.22 bits per heavy atom. The third-order valence-corrected chi connectivity index (χ3v) is 5.12. The minimum absolute atomic E-state index is 0.0815. The monoisotopic (exact) mass is 360 g/mol. The van der Waals surface area contributed by atoms with Crippen LogP contribution in [0.5, 0.6) is 0 Å². The molecule has 1 aliphatic rings. The summed E-state index contributed by atoms with van der Waals surface area (Å²) in [5.74, 6) is 0.484. The number of nitriles is 1. The molecule has 9 heteroatoms. The van der Waals surface area contributed by atoms with E-state index in [4.69, 9.17) is 4.98 Å². The zero-order valence-electron chi connectivity index (χ0n) is 14.6. The Bertz CT molecular complexity index is 1280. The van der Waals surface area contributed by atoms with Gasteiger partial charge < -0.3 is 5.32 Å². The summed E-state index contributed by atoms with van der Waals surface area (Å²) in [5.41, 5.74) is 3.25. The summed E-state index contributed by atoms with van der Waals surface area (Å²) < 4.78 is 5.02. The first kappa shape index (κ1) is 15.7. The predicted octanol–water partition coefficient (Wildman–Crippen LogP) is 0.851. The molecule has 0 spiro atoms. The van der Waals surface area contributed by atoms with Crippen LogP contribution in [0.3, 0.4) is 0 Å². The zero-order chi connectivity index (χ0) is 18.5. The fraction of sp³-hybridized carbons (Fsp3) is 0.278. The van der Waals surface area contributed by atoms with Crippen molar-refractivity contribution in [3.63, 3.8) is 0 Å². The number of aromatic nitrogens is 6. The highest BCUT2D eigenvalue weighted by Crippen LogP contribution is 2.25. The standard InChI is InChI=1S/C18H16N8O/c1-24-15-10-21-16(13-9-22-25-5-3-11(7-19)6-14(13)25)23-17(15)26(18(24)27)12-2-4-20-8-12/h3,5-6,9-10,12,20H,2,4,8H2,1H3. The van der Waals surface area contributed by atoms with E-state index >= 15 is 0 Å². The molecule has 9 nitrogen and oxygen atoms in total. The van der Waals surface area contributed by atoms with Gasteiger partial charge in [0.25, 0.3) is 0 Å². The average molecular weight is 360 g/mol. The molecule has 4 aromatic heterocycles. The number of imidazole rings is 1. The molecule has 1 aliphatic heterocycles. The van der Waals surface area contributed by atoms with Gasteiger partial charge in [0.2, 0.25) is 0 Å². The maximum absolute atomic E-state index is 12.7. The van der Waals surface area contributed by atoms with Crippen LogP contribution in [-0.4, -0.2) is 41.8 Å². The second kappa shape index (κ2) is 5.75. The molecule has 0 aliphatic carbocycles. The van der Waals surface area contributed by atoms with Crippen LogP contribution in [0.2, 0.25) is 0 Å². The molecule has 0 amide bonds. The van der Waals surface area contributed by atoms with Crippen molar-refractivity contribution in [3.8, 4) is 17.5 Å². The highest BCUT2D eigenvalue weighted by molar-refractivity contribution is 5.80. The fourth-order valence-electron chi connectivity index (χ4n) is 3.68. The second-order valence-electron chi connectivity index (χ2n) is 6.68. The van der Waals surface area contributed by atoms with Gasteiger partial charge in [0.05, 0.1) is 41.1 Å². The molecular formula is C18H16N8O. The summed E-state index contributed by atoms with van der Waals surface area (Å²) >= 11 is 0. The van der Waals surface area contributed by atoms with Crippen molar-refractivity contribution in [1.82, 2.24) is 34.0 Å². The minimum Gasteiger partial charge on any atom is -0.315 e. The quantitative estimate of drug-likeness (QED) is 0.568. The van der Waals surface area contributed by atoms with Crippen LogP contribution in [0.15, 0.2) is 35.5 Å². The maximum atomic E-state index is 12.7. The van der Waals surface area contributed by atoms with E-state index in [1.807, 2.05) is 0 Å².